The number of aliphatic hydroxyl groups is 1. The Morgan fingerprint density at radius 3 is 2.66 bits per heavy atom. The predicted molar refractivity (Wildman–Crippen MR) is 118 cm³/mol. The second-order valence-electron chi connectivity index (χ2n) is 8.12. The molecule has 0 unspecified atom stereocenters. The van der Waals surface area contributed by atoms with Crippen molar-refractivity contribution in [3.05, 3.63) is 35.2 Å². The van der Waals surface area contributed by atoms with Crippen molar-refractivity contribution in [2.45, 2.75) is 44.7 Å². The molecule has 11 heteroatoms. The van der Waals surface area contributed by atoms with Crippen molar-refractivity contribution in [1.29, 1.82) is 0 Å². The zero-order valence-corrected chi connectivity index (χ0v) is 19.7. The number of carbonyl (C=O) groups excluding carboxylic acids is 1. The van der Waals surface area contributed by atoms with Crippen LogP contribution < -0.4 is 14.8 Å². The minimum atomic E-state index is -4.05. The number of amides is 1. The van der Waals surface area contributed by atoms with E-state index in [1.807, 2.05) is 6.92 Å². The second kappa shape index (κ2) is 9.47. The Kier molecular flexibility index (Phi) is 7.11. The first-order valence-corrected chi connectivity index (χ1v) is 11.9. The van der Waals surface area contributed by atoms with Crippen molar-refractivity contribution < 1.29 is 27.6 Å². The molecular weight excluding hydrogens is 436 g/mol. The van der Waals surface area contributed by atoms with E-state index in [-0.39, 0.29) is 57.9 Å². The summed E-state index contributed by atoms with van der Waals surface area (Å²) in [5, 5.41) is 16.5. The maximum atomic E-state index is 13.4. The maximum absolute atomic E-state index is 13.4. The third-order valence-corrected chi connectivity index (χ3v) is 7.19. The molecule has 1 aliphatic heterocycles. The van der Waals surface area contributed by atoms with E-state index in [0.717, 1.165) is 0 Å². The van der Waals surface area contributed by atoms with E-state index in [1.54, 1.807) is 44.0 Å². The van der Waals surface area contributed by atoms with Gasteiger partial charge >= 0.3 is 0 Å². The highest BCUT2D eigenvalue weighted by Crippen LogP contribution is 2.36. The molecule has 3 atom stereocenters. The molecule has 0 saturated heterocycles. The van der Waals surface area contributed by atoms with Gasteiger partial charge in [0.1, 0.15) is 11.8 Å². The molecule has 2 heterocycles. The summed E-state index contributed by atoms with van der Waals surface area (Å²) in [7, 11) is -2.26. The Labute approximate surface area is 188 Å². The first kappa shape index (κ1) is 24.0. The molecule has 0 fully saturated rings. The first-order valence-electron chi connectivity index (χ1n) is 10.4. The van der Waals surface area contributed by atoms with Crippen LogP contribution in [0, 0.1) is 19.8 Å². The van der Waals surface area contributed by atoms with Crippen LogP contribution >= 0.6 is 0 Å². The summed E-state index contributed by atoms with van der Waals surface area (Å²) in [4.78, 5) is 14.9. The molecule has 1 aliphatic rings. The Hall–Kier alpha value is -2.63. The number of hydrogen-bond donors (Lipinski definition) is 3. The SMILES string of the molecule is CNC[C@@H]1Oc2c(NS(=O)(=O)c3c(C)noc3C)cccc2C(=O)N([C@H](C)CO)C[C@@H]1C. The van der Waals surface area contributed by atoms with Gasteiger partial charge < -0.3 is 24.6 Å². The number of anilines is 1. The van der Waals surface area contributed by atoms with Gasteiger partial charge in [-0.1, -0.05) is 18.1 Å². The third kappa shape index (κ3) is 4.59. The van der Waals surface area contributed by atoms with Gasteiger partial charge in [0.15, 0.2) is 16.4 Å². The average Bonchev–Trinajstić information content (AvgIpc) is 3.09. The number of nitrogens with zero attached hydrogens (tertiary/aromatic N) is 2. The zero-order valence-electron chi connectivity index (χ0n) is 18.9. The van der Waals surface area contributed by atoms with E-state index in [0.29, 0.717) is 13.1 Å². The summed E-state index contributed by atoms with van der Waals surface area (Å²) in [5.74, 6) is -0.110. The van der Waals surface area contributed by atoms with Gasteiger partial charge in [-0.25, -0.2) is 8.42 Å². The number of fused-ring (bicyclic) bond motifs is 1. The maximum Gasteiger partial charge on any atom is 0.267 e. The van der Waals surface area contributed by atoms with Gasteiger partial charge in [0, 0.05) is 19.0 Å². The lowest BCUT2D eigenvalue weighted by atomic mass is 9.99. The Balaban J connectivity index is 2.11. The second-order valence-corrected chi connectivity index (χ2v) is 9.74. The lowest BCUT2D eigenvalue weighted by Gasteiger charge is -2.37. The normalized spacial score (nSPS) is 20.2. The van der Waals surface area contributed by atoms with Crippen LogP contribution in [0.5, 0.6) is 5.75 Å². The summed E-state index contributed by atoms with van der Waals surface area (Å²) in [5.41, 5.74) is 0.593. The van der Waals surface area contributed by atoms with Gasteiger partial charge in [0.2, 0.25) is 0 Å². The molecule has 1 aromatic heterocycles. The lowest BCUT2D eigenvalue weighted by Crippen LogP contribution is -2.49. The van der Waals surface area contributed by atoms with Gasteiger partial charge in [-0.05, 0) is 40.0 Å². The minimum absolute atomic E-state index is 0.0528. The van der Waals surface area contributed by atoms with Gasteiger partial charge in [-0.15, -0.1) is 0 Å². The van der Waals surface area contributed by atoms with E-state index < -0.39 is 16.1 Å². The van der Waals surface area contributed by atoms with Crippen molar-refractivity contribution in [3.63, 3.8) is 0 Å². The monoisotopic (exact) mass is 466 g/mol. The highest BCUT2D eigenvalue weighted by molar-refractivity contribution is 7.92. The van der Waals surface area contributed by atoms with Crippen LogP contribution in [0.15, 0.2) is 27.6 Å². The van der Waals surface area contributed by atoms with Crippen molar-refractivity contribution in [2.75, 3.05) is 31.5 Å². The third-order valence-electron chi connectivity index (χ3n) is 5.58. The number of para-hydroxylation sites is 1. The standard InChI is InChI=1S/C21H30N4O6S/c1-12-10-25(13(2)11-26)21(27)16-7-6-8-17(19(16)30-18(12)9-22-5)24-32(28,29)20-14(3)23-31-15(20)4/h6-8,12-13,18,22,24,26H,9-11H2,1-5H3/t12-,13+,18-/m0/s1. The van der Waals surface area contributed by atoms with Crippen LogP contribution in [0.2, 0.25) is 0 Å². The summed E-state index contributed by atoms with van der Waals surface area (Å²) in [6.45, 7) is 7.46. The fraction of sp³-hybridized carbons (Fsp3) is 0.524. The van der Waals surface area contributed by atoms with Crippen molar-refractivity contribution >= 4 is 21.6 Å². The van der Waals surface area contributed by atoms with Crippen LogP contribution in [-0.4, -0.2) is 68.4 Å². The fourth-order valence-electron chi connectivity index (χ4n) is 3.82. The molecule has 1 amide bonds. The van der Waals surface area contributed by atoms with E-state index >= 15 is 0 Å². The first-order chi connectivity index (χ1) is 15.1. The van der Waals surface area contributed by atoms with Crippen LogP contribution in [0.25, 0.3) is 0 Å². The number of carbonyl (C=O) groups is 1. The minimum Gasteiger partial charge on any atom is -0.486 e. The van der Waals surface area contributed by atoms with Gasteiger partial charge in [-0.3, -0.25) is 9.52 Å². The molecule has 0 spiro atoms. The van der Waals surface area contributed by atoms with Crippen molar-refractivity contribution in [2.24, 2.45) is 5.92 Å². The Bertz CT molecular complexity index is 1060. The number of hydrogen-bond acceptors (Lipinski definition) is 8. The number of sulfonamides is 1. The largest absolute Gasteiger partial charge is 0.486 e. The number of aliphatic hydroxyl groups excluding tert-OH is 1. The van der Waals surface area contributed by atoms with Crippen LogP contribution in [0.4, 0.5) is 5.69 Å². The number of rotatable bonds is 7. The van der Waals surface area contributed by atoms with Crippen molar-refractivity contribution in [1.82, 2.24) is 15.4 Å². The molecule has 10 nitrogen and oxygen atoms in total. The number of aryl methyl sites for hydroxylation is 2. The molecule has 2 aromatic rings. The molecule has 0 saturated carbocycles. The summed E-state index contributed by atoms with van der Waals surface area (Å²) in [6, 6.07) is 4.32. The molecule has 1 aromatic carbocycles. The quantitative estimate of drug-likeness (QED) is 0.559. The van der Waals surface area contributed by atoms with Crippen molar-refractivity contribution in [3.8, 4) is 5.75 Å². The summed E-state index contributed by atoms with van der Waals surface area (Å²) in [6.07, 6.45) is -0.343. The highest BCUT2D eigenvalue weighted by Gasteiger charge is 2.35. The molecule has 32 heavy (non-hydrogen) atoms. The summed E-state index contributed by atoms with van der Waals surface area (Å²) < 4.78 is 40.0. The molecule has 176 valence electrons. The van der Waals surface area contributed by atoms with E-state index in [1.165, 1.54) is 6.92 Å². The molecule has 0 bridgehead atoms. The van der Waals surface area contributed by atoms with Gasteiger partial charge in [-0.2, -0.15) is 0 Å². The molecule has 3 N–H and O–H groups in total. The summed E-state index contributed by atoms with van der Waals surface area (Å²) >= 11 is 0. The van der Waals surface area contributed by atoms with Gasteiger partial charge in [0.25, 0.3) is 15.9 Å². The molecule has 3 rings (SSSR count). The Morgan fingerprint density at radius 1 is 1.34 bits per heavy atom. The molecule has 0 radical (unpaired) electrons. The zero-order chi connectivity index (χ0) is 23.6. The number of ether oxygens (including phenoxy) is 1. The Morgan fingerprint density at radius 2 is 2.06 bits per heavy atom. The predicted octanol–water partition coefficient (Wildman–Crippen LogP) is 1.53. The van der Waals surface area contributed by atoms with Crippen LogP contribution in [0.3, 0.4) is 0 Å². The fourth-order valence-corrected chi connectivity index (χ4v) is 5.22. The lowest BCUT2D eigenvalue weighted by molar-refractivity contribution is 0.0417. The number of likely N-dealkylation sites (N-methyl/N-ethyl adjacent to an activating group) is 1. The van der Waals surface area contributed by atoms with E-state index in [4.69, 9.17) is 9.26 Å². The number of nitrogens with one attached hydrogen (secondary N) is 2. The highest BCUT2D eigenvalue weighted by atomic mass is 32.2. The van der Waals surface area contributed by atoms with E-state index in [9.17, 15) is 18.3 Å². The van der Waals surface area contributed by atoms with E-state index in [2.05, 4.69) is 15.2 Å². The number of aromatic nitrogens is 1. The van der Waals surface area contributed by atoms with Crippen LogP contribution in [0.1, 0.15) is 35.7 Å². The smallest absolute Gasteiger partial charge is 0.267 e. The van der Waals surface area contributed by atoms with Crippen LogP contribution in [-0.2, 0) is 10.0 Å². The topological polar surface area (TPSA) is 134 Å². The number of benzene rings is 1. The average molecular weight is 467 g/mol. The van der Waals surface area contributed by atoms with Gasteiger partial charge in [0.05, 0.1) is 23.9 Å². The molecule has 0 aliphatic carbocycles. The molecular formula is C21H30N4O6S.